The van der Waals surface area contributed by atoms with Gasteiger partial charge in [-0.05, 0) is 88.5 Å². The van der Waals surface area contributed by atoms with Crippen LogP contribution in [0, 0.1) is 0 Å². The van der Waals surface area contributed by atoms with Gasteiger partial charge in [0.15, 0.2) is 0 Å². The van der Waals surface area contributed by atoms with Crippen molar-refractivity contribution in [2.24, 2.45) is 0 Å². The lowest BCUT2D eigenvalue weighted by Crippen LogP contribution is -2.43. The van der Waals surface area contributed by atoms with Gasteiger partial charge in [-0.25, -0.2) is 4.79 Å². The number of hydrogen-bond donors (Lipinski definition) is 2. The molecule has 2 N–H and O–H groups in total. The molecule has 1 aliphatic carbocycles. The zero-order valence-electron chi connectivity index (χ0n) is 21.3. The van der Waals surface area contributed by atoms with Crippen molar-refractivity contribution in [3.63, 3.8) is 0 Å². The molecule has 1 aliphatic heterocycles. The fourth-order valence-corrected chi connectivity index (χ4v) is 5.30. The number of benzene rings is 1. The van der Waals surface area contributed by atoms with Crippen LogP contribution < -0.4 is 10.1 Å². The molecule has 35 heavy (non-hydrogen) atoms. The van der Waals surface area contributed by atoms with Crippen LogP contribution in [0.1, 0.15) is 76.3 Å². The maximum atomic E-state index is 13.1. The van der Waals surface area contributed by atoms with Gasteiger partial charge in [0.1, 0.15) is 17.5 Å². The fraction of sp³-hybridized carbons (Fsp3) is 0.630. The molecule has 1 aromatic carbocycles. The van der Waals surface area contributed by atoms with Gasteiger partial charge in [-0.1, -0.05) is 6.42 Å². The Morgan fingerprint density at radius 2 is 2.00 bits per heavy atom. The number of aliphatic hydroxyl groups excluding tert-OH is 1. The SMILES string of the molecule is COc1cc2c([C@@H]3CCC[C@H](NC(=O)[C@@H]4CCCO4)C3)cn(C(=O)OC(C)(C)C)c2cc1CCO. The van der Waals surface area contributed by atoms with E-state index in [1.807, 2.05) is 39.1 Å². The Morgan fingerprint density at radius 3 is 2.66 bits per heavy atom. The minimum absolute atomic E-state index is 0.0142. The molecule has 0 spiro atoms. The summed E-state index contributed by atoms with van der Waals surface area (Å²) in [5.74, 6) is 0.853. The van der Waals surface area contributed by atoms with Crippen LogP contribution >= 0.6 is 0 Å². The van der Waals surface area contributed by atoms with Crippen LogP contribution in [0.2, 0.25) is 0 Å². The lowest BCUT2D eigenvalue weighted by atomic mass is 9.81. The lowest BCUT2D eigenvalue weighted by molar-refractivity contribution is -0.131. The smallest absolute Gasteiger partial charge is 0.419 e. The summed E-state index contributed by atoms with van der Waals surface area (Å²) in [5.41, 5.74) is 2.00. The van der Waals surface area contributed by atoms with E-state index in [0.29, 0.717) is 18.8 Å². The molecule has 0 unspecified atom stereocenters. The molecule has 2 aromatic rings. The Hall–Kier alpha value is -2.58. The minimum Gasteiger partial charge on any atom is -0.496 e. The lowest BCUT2D eigenvalue weighted by Gasteiger charge is -2.30. The number of aromatic nitrogens is 1. The molecule has 1 amide bonds. The van der Waals surface area contributed by atoms with Crippen LogP contribution in [-0.2, 0) is 20.7 Å². The molecule has 192 valence electrons. The monoisotopic (exact) mass is 486 g/mol. The number of aliphatic hydroxyl groups is 1. The second-order valence-electron chi connectivity index (χ2n) is 10.7. The van der Waals surface area contributed by atoms with E-state index in [1.54, 1.807) is 11.7 Å². The molecule has 1 saturated heterocycles. The third-order valence-corrected chi connectivity index (χ3v) is 6.89. The highest BCUT2D eigenvalue weighted by atomic mass is 16.6. The van der Waals surface area contributed by atoms with Gasteiger partial charge >= 0.3 is 6.09 Å². The Bertz CT molecular complexity index is 1060. The average Bonchev–Trinajstić information content (AvgIpc) is 3.46. The number of carbonyl (C=O) groups is 2. The van der Waals surface area contributed by atoms with E-state index in [2.05, 4.69) is 5.32 Å². The number of methoxy groups -OCH3 is 1. The van der Waals surface area contributed by atoms with E-state index < -0.39 is 11.7 Å². The predicted octanol–water partition coefficient (Wildman–Crippen LogP) is 4.29. The Morgan fingerprint density at radius 1 is 1.20 bits per heavy atom. The van der Waals surface area contributed by atoms with Crippen molar-refractivity contribution in [2.45, 2.75) is 89.4 Å². The summed E-state index contributed by atoms with van der Waals surface area (Å²) in [5, 5.41) is 13.7. The van der Waals surface area contributed by atoms with Crippen LogP contribution in [0.25, 0.3) is 10.9 Å². The van der Waals surface area contributed by atoms with Crippen molar-refractivity contribution < 1.29 is 28.9 Å². The van der Waals surface area contributed by atoms with Gasteiger partial charge in [0.25, 0.3) is 0 Å². The molecular weight excluding hydrogens is 448 g/mol. The van der Waals surface area contributed by atoms with Crippen LogP contribution in [0.3, 0.4) is 0 Å². The highest BCUT2D eigenvalue weighted by molar-refractivity contribution is 5.94. The van der Waals surface area contributed by atoms with E-state index in [-0.39, 0.29) is 30.6 Å². The number of hydrogen-bond acceptors (Lipinski definition) is 6. The maximum Gasteiger partial charge on any atom is 0.419 e. The molecule has 4 rings (SSSR count). The summed E-state index contributed by atoms with van der Waals surface area (Å²) in [6.45, 7) is 6.17. The number of ether oxygens (including phenoxy) is 3. The number of fused-ring (bicyclic) bond motifs is 1. The van der Waals surface area contributed by atoms with E-state index in [0.717, 1.165) is 60.6 Å². The van der Waals surface area contributed by atoms with Crippen molar-refractivity contribution in [3.8, 4) is 5.75 Å². The molecule has 0 radical (unpaired) electrons. The number of nitrogens with zero attached hydrogens (tertiary/aromatic N) is 1. The molecule has 8 nitrogen and oxygen atoms in total. The highest BCUT2D eigenvalue weighted by Crippen LogP contribution is 2.40. The van der Waals surface area contributed by atoms with E-state index in [9.17, 15) is 14.7 Å². The predicted molar refractivity (Wildman–Crippen MR) is 133 cm³/mol. The van der Waals surface area contributed by atoms with Crippen molar-refractivity contribution in [1.82, 2.24) is 9.88 Å². The molecule has 2 heterocycles. The Kier molecular flexibility index (Phi) is 7.71. The van der Waals surface area contributed by atoms with Gasteiger partial charge in [-0.2, -0.15) is 0 Å². The van der Waals surface area contributed by atoms with Gasteiger partial charge in [0.2, 0.25) is 5.91 Å². The zero-order valence-corrected chi connectivity index (χ0v) is 21.3. The third-order valence-electron chi connectivity index (χ3n) is 6.89. The first kappa shape index (κ1) is 25.5. The van der Waals surface area contributed by atoms with Crippen LogP contribution in [0.5, 0.6) is 5.75 Å². The van der Waals surface area contributed by atoms with Gasteiger partial charge in [0.05, 0.1) is 12.6 Å². The summed E-state index contributed by atoms with van der Waals surface area (Å²) < 4.78 is 18.4. The molecule has 8 heteroatoms. The van der Waals surface area contributed by atoms with Gasteiger partial charge in [-0.3, -0.25) is 9.36 Å². The van der Waals surface area contributed by atoms with E-state index in [1.165, 1.54) is 0 Å². The van der Waals surface area contributed by atoms with Gasteiger partial charge in [-0.15, -0.1) is 0 Å². The first-order chi connectivity index (χ1) is 16.7. The normalized spacial score (nSPS) is 22.8. The molecule has 0 bridgehead atoms. The number of carbonyl (C=O) groups excluding carboxylic acids is 2. The quantitative estimate of drug-likeness (QED) is 0.632. The first-order valence-electron chi connectivity index (χ1n) is 12.7. The van der Waals surface area contributed by atoms with Crippen LogP contribution in [0.15, 0.2) is 18.3 Å². The molecule has 2 fully saturated rings. The first-order valence-corrected chi connectivity index (χ1v) is 12.7. The summed E-state index contributed by atoms with van der Waals surface area (Å²) >= 11 is 0. The number of nitrogens with one attached hydrogen (secondary N) is 1. The fourth-order valence-electron chi connectivity index (χ4n) is 5.30. The Balaban J connectivity index is 1.67. The third kappa shape index (κ3) is 5.81. The van der Waals surface area contributed by atoms with Gasteiger partial charge < -0.3 is 24.6 Å². The zero-order chi connectivity index (χ0) is 25.2. The molecule has 2 aliphatic rings. The average molecular weight is 487 g/mol. The maximum absolute atomic E-state index is 13.1. The highest BCUT2D eigenvalue weighted by Gasteiger charge is 2.31. The topological polar surface area (TPSA) is 99.0 Å². The van der Waals surface area contributed by atoms with Crippen LogP contribution in [-0.4, -0.2) is 59.7 Å². The van der Waals surface area contributed by atoms with Crippen LogP contribution in [0.4, 0.5) is 4.79 Å². The molecule has 3 atom stereocenters. The largest absolute Gasteiger partial charge is 0.496 e. The second-order valence-corrected chi connectivity index (χ2v) is 10.7. The number of amides is 1. The van der Waals surface area contributed by atoms with Crippen molar-refractivity contribution in [3.05, 3.63) is 29.5 Å². The van der Waals surface area contributed by atoms with Gasteiger partial charge in [0, 0.05) is 30.8 Å². The molecular formula is C27H38N2O6. The summed E-state index contributed by atoms with van der Waals surface area (Å²) in [6, 6.07) is 3.95. The summed E-state index contributed by atoms with van der Waals surface area (Å²) in [7, 11) is 1.61. The van der Waals surface area contributed by atoms with Crippen molar-refractivity contribution in [1.29, 1.82) is 0 Å². The van der Waals surface area contributed by atoms with Crippen molar-refractivity contribution >= 4 is 22.9 Å². The van der Waals surface area contributed by atoms with Crippen molar-refractivity contribution in [2.75, 3.05) is 20.3 Å². The van der Waals surface area contributed by atoms with E-state index in [4.69, 9.17) is 14.2 Å². The number of rotatable bonds is 6. The minimum atomic E-state index is -0.628. The molecule has 1 aromatic heterocycles. The summed E-state index contributed by atoms with van der Waals surface area (Å²) in [6.07, 6.45) is 6.93. The second kappa shape index (κ2) is 10.6. The Labute approximate surface area is 206 Å². The molecule has 1 saturated carbocycles. The standard InChI is InChI=1S/C27H38N2O6/c1-27(2,3)35-26(32)29-16-21(20-15-24(33-4)18(10-11-30)14-22(20)29)17-7-5-8-19(13-17)28-25(31)23-9-6-12-34-23/h14-17,19,23,30H,5-13H2,1-4H3,(H,28,31)/t17-,19+,23+/m1/s1. The van der Waals surface area contributed by atoms with E-state index >= 15 is 0 Å². The summed E-state index contributed by atoms with van der Waals surface area (Å²) in [4.78, 5) is 25.8.